The number of hydrogen-bond donors (Lipinski definition) is 1. The molecule has 0 radical (unpaired) electrons. The van der Waals surface area contributed by atoms with Crippen molar-refractivity contribution in [2.24, 2.45) is 5.92 Å². The molecule has 2 aromatic rings. The van der Waals surface area contributed by atoms with Crippen LogP contribution in [-0.2, 0) is 0 Å². The molecular formula is C16H21N3. The van der Waals surface area contributed by atoms with E-state index in [0.717, 1.165) is 5.92 Å². The van der Waals surface area contributed by atoms with Crippen molar-refractivity contribution in [3.63, 3.8) is 0 Å². The first-order chi connectivity index (χ1) is 9.34. The molecule has 1 aliphatic carbocycles. The Labute approximate surface area is 114 Å². The van der Waals surface area contributed by atoms with E-state index in [0.29, 0.717) is 6.04 Å². The Bertz CT molecular complexity index is 519. The fourth-order valence-corrected chi connectivity index (χ4v) is 2.95. The lowest BCUT2D eigenvalue weighted by Crippen LogP contribution is -2.30. The molecule has 1 aliphatic rings. The van der Waals surface area contributed by atoms with Gasteiger partial charge < -0.3 is 9.88 Å². The zero-order valence-corrected chi connectivity index (χ0v) is 11.4. The second-order valence-corrected chi connectivity index (χ2v) is 5.50. The van der Waals surface area contributed by atoms with Crippen molar-refractivity contribution in [1.29, 1.82) is 0 Å². The predicted octanol–water partition coefficient (Wildman–Crippen LogP) is 3.86. The number of imidazole rings is 1. The minimum absolute atomic E-state index is 0.596. The summed E-state index contributed by atoms with van der Waals surface area (Å²) in [5, 5.41) is 3.74. The van der Waals surface area contributed by atoms with Crippen LogP contribution in [0.2, 0.25) is 0 Å². The molecule has 0 saturated heterocycles. The summed E-state index contributed by atoms with van der Waals surface area (Å²) in [6, 6.07) is 9.06. The van der Waals surface area contributed by atoms with Crippen LogP contribution in [0.25, 0.3) is 5.69 Å². The second kappa shape index (κ2) is 5.47. The van der Waals surface area contributed by atoms with Crippen molar-refractivity contribution in [3.05, 3.63) is 43.0 Å². The highest BCUT2D eigenvalue weighted by Gasteiger charge is 2.21. The Morgan fingerprint density at radius 2 is 2.05 bits per heavy atom. The van der Waals surface area contributed by atoms with Crippen LogP contribution in [0, 0.1) is 5.92 Å². The van der Waals surface area contributed by atoms with Gasteiger partial charge in [0.1, 0.15) is 0 Å². The van der Waals surface area contributed by atoms with E-state index >= 15 is 0 Å². The van der Waals surface area contributed by atoms with Crippen LogP contribution in [0.4, 0.5) is 5.69 Å². The topological polar surface area (TPSA) is 29.9 Å². The summed E-state index contributed by atoms with van der Waals surface area (Å²) in [6.45, 7) is 2.36. The number of nitrogens with zero attached hydrogens (tertiary/aromatic N) is 2. The number of aromatic nitrogens is 2. The van der Waals surface area contributed by atoms with E-state index in [9.17, 15) is 0 Å². The fraction of sp³-hybridized carbons (Fsp3) is 0.438. The van der Waals surface area contributed by atoms with E-state index in [1.807, 2.05) is 18.7 Å². The molecule has 3 heteroatoms. The highest BCUT2D eigenvalue weighted by atomic mass is 15.1. The van der Waals surface area contributed by atoms with Gasteiger partial charge in [-0.1, -0.05) is 31.9 Å². The van der Waals surface area contributed by atoms with Crippen LogP contribution in [0.3, 0.4) is 0 Å². The van der Waals surface area contributed by atoms with E-state index in [1.54, 1.807) is 0 Å². The van der Waals surface area contributed by atoms with Crippen molar-refractivity contribution >= 4 is 5.69 Å². The molecule has 0 spiro atoms. The lowest BCUT2D eigenvalue weighted by atomic mass is 9.86. The summed E-state index contributed by atoms with van der Waals surface area (Å²) in [5.41, 5.74) is 2.39. The molecular weight excluding hydrogens is 234 g/mol. The molecule has 1 saturated carbocycles. The average molecular weight is 255 g/mol. The molecule has 2 atom stereocenters. The maximum Gasteiger partial charge on any atom is 0.0992 e. The minimum Gasteiger partial charge on any atom is -0.380 e. The van der Waals surface area contributed by atoms with Gasteiger partial charge in [-0.25, -0.2) is 4.98 Å². The molecule has 3 rings (SSSR count). The van der Waals surface area contributed by atoms with Crippen molar-refractivity contribution in [3.8, 4) is 5.69 Å². The van der Waals surface area contributed by atoms with Gasteiger partial charge in [0.25, 0.3) is 0 Å². The molecule has 0 amide bonds. The number of anilines is 1. The number of nitrogens with one attached hydrogen (secondary N) is 1. The molecule has 1 aromatic carbocycles. The normalized spacial score (nSPS) is 23.2. The first kappa shape index (κ1) is 12.3. The van der Waals surface area contributed by atoms with E-state index in [-0.39, 0.29) is 0 Å². The van der Waals surface area contributed by atoms with Crippen LogP contribution < -0.4 is 5.32 Å². The van der Waals surface area contributed by atoms with Gasteiger partial charge in [0.15, 0.2) is 0 Å². The molecule has 1 heterocycles. The summed E-state index contributed by atoms with van der Waals surface area (Å²) in [6.07, 6.45) is 11.0. The van der Waals surface area contributed by atoms with Gasteiger partial charge in [-0.15, -0.1) is 0 Å². The molecule has 1 aromatic heterocycles. The number of hydrogen-bond acceptors (Lipinski definition) is 2. The summed E-state index contributed by atoms with van der Waals surface area (Å²) >= 11 is 0. The maximum absolute atomic E-state index is 4.14. The SMILES string of the molecule is CC1CCCCC1Nc1ccccc1-n1ccnc1. The summed E-state index contributed by atoms with van der Waals surface area (Å²) < 4.78 is 2.07. The lowest BCUT2D eigenvalue weighted by Gasteiger charge is -2.31. The van der Waals surface area contributed by atoms with E-state index < -0.39 is 0 Å². The molecule has 1 fully saturated rings. The summed E-state index contributed by atoms with van der Waals surface area (Å²) in [5.74, 6) is 0.754. The third kappa shape index (κ3) is 2.65. The maximum atomic E-state index is 4.14. The van der Waals surface area contributed by atoms with Crippen molar-refractivity contribution in [2.75, 3.05) is 5.32 Å². The average Bonchev–Trinajstić information content (AvgIpc) is 2.96. The standard InChI is InChI=1S/C16H21N3/c1-13-6-2-3-7-14(13)18-15-8-4-5-9-16(15)19-11-10-17-12-19/h4-5,8-14,18H,2-3,6-7H2,1H3. The molecule has 0 bridgehead atoms. The Balaban J connectivity index is 1.84. The molecule has 3 nitrogen and oxygen atoms in total. The highest BCUT2D eigenvalue weighted by Crippen LogP contribution is 2.29. The first-order valence-electron chi connectivity index (χ1n) is 7.18. The highest BCUT2D eigenvalue weighted by molar-refractivity contribution is 5.61. The Hall–Kier alpha value is -1.77. The first-order valence-corrected chi connectivity index (χ1v) is 7.18. The van der Waals surface area contributed by atoms with Crippen molar-refractivity contribution < 1.29 is 0 Å². The van der Waals surface area contributed by atoms with Gasteiger partial charge in [-0.2, -0.15) is 0 Å². The van der Waals surface area contributed by atoms with Crippen molar-refractivity contribution in [1.82, 2.24) is 9.55 Å². The molecule has 100 valence electrons. The lowest BCUT2D eigenvalue weighted by molar-refractivity contribution is 0.349. The summed E-state index contributed by atoms with van der Waals surface area (Å²) in [4.78, 5) is 4.14. The number of para-hydroxylation sites is 2. The smallest absolute Gasteiger partial charge is 0.0992 e. The van der Waals surface area contributed by atoms with Crippen LogP contribution in [0.15, 0.2) is 43.0 Å². The van der Waals surface area contributed by atoms with Gasteiger partial charge in [0, 0.05) is 18.4 Å². The Morgan fingerprint density at radius 1 is 1.21 bits per heavy atom. The van der Waals surface area contributed by atoms with Crippen molar-refractivity contribution in [2.45, 2.75) is 38.6 Å². The fourth-order valence-electron chi connectivity index (χ4n) is 2.95. The third-order valence-electron chi connectivity index (χ3n) is 4.14. The van der Waals surface area contributed by atoms with Crippen LogP contribution >= 0.6 is 0 Å². The zero-order chi connectivity index (χ0) is 13.1. The molecule has 2 unspecified atom stereocenters. The monoisotopic (exact) mass is 255 g/mol. The zero-order valence-electron chi connectivity index (χ0n) is 11.4. The van der Waals surface area contributed by atoms with Gasteiger partial charge in [-0.05, 0) is 30.9 Å². The number of benzene rings is 1. The predicted molar refractivity (Wildman–Crippen MR) is 78.6 cm³/mol. The Kier molecular flexibility index (Phi) is 3.53. The van der Waals surface area contributed by atoms with Crippen LogP contribution in [0.1, 0.15) is 32.6 Å². The largest absolute Gasteiger partial charge is 0.380 e. The van der Waals surface area contributed by atoms with E-state index in [1.165, 1.54) is 37.1 Å². The van der Waals surface area contributed by atoms with E-state index in [2.05, 4.69) is 46.1 Å². The van der Waals surface area contributed by atoms with Crippen LogP contribution in [0.5, 0.6) is 0 Å². The quantitative estimate of drug-likeness (QED) is 0.902. The van der Waals surface area contributed by atoms with Crippen LogP contribution in [-0.4, -0.2) is 15.6 Å². The van der Waals surface area contributed by atoms with Gasteiger partial charge in [-0.3, -0.25) is 0 Å². The second-order valence-electron chi connectivity index (χ2n) is 5.50. The third-order valence-corrected chi connectivity index (χ3v) is 4.14. The Morgan fingerprint density at radius 3 is 2.84 bits per heavy atom. The molecule has 19 heavy (non-hydrogen) atoms. The molecule has 1 N–H and O–H groups in total. The van der Waals surface area contributed by atoms with Gasteiger partial charge in [0.05, 0.1) is 17.7 Å². The molecule has 0 aliphatic heterocycles. The van der Waals surface area contributed by atoms with E-state index in [4.69, 9.17) is 0 Å². The van der Waals surface area contributed by atoms with Gasteiger partial charge >= 0.3 is 0 Å². The number of rotatable bonds is 3. The minimum atomic E-state index is 0.596. The van der Waals surface area contributed by atoms with Gasteiger partial charge in [0.2, 0.25) is 0 Å². The summed E-state index contributed by atoms with van der Waals surface area (Å²) in [7, 11) is 0.